The molecule has 2 rings (SSSR count). The fraction of sp³-hybridized carbons (Fsp3) is 0.154. The van der Waals surface area contributed by atoms with Crippen molar-refractivity contribution in [3.8, 4) is 0 Å². The highest BCUT2D eigenvalue weighted by atomic mass is 16.6. The average molecular weight is 275 g/mol. The fourth-order valence-electron chi connectivity index (χ4n) is 1.82. The first kappa shape index (κ1) is 13.8. The number of anilines is 1. The molecule has 2 N–H and O–H groups in total. The van der Waals surface area contributed by atoms with Gasteiger partial charge in [-0.05, 0) is 17.7 Å². The van der Waals surface area contributed by atoms with E-state index in [-0.39, 0.29) is 18.0 Å². The second kappa shape index (κ2) is 5.54. The van der Waals surface area contributed by atoms with E-state index >= 15 is 0 Å². The Morgan fingerprint density at radius 2 is 2.20 bits per heavy atom. The van der Waals surface area contributed by atoms with Crippen molar-refractivity contribution in [1.82, 2.24) is 4.57 Å². The largest absolute Gasteiger partial charge is 0.392 e. The predicted octanol–water partition coefficient (Wildman–Crippen LogP) is 1.68. The van der Waals surface area contributed by atoms with E-state index in [0.717, 1.165) is 0 Å². The van der Waals surface area contributed by atoms with Crippen molar-refractivity contribution in [2.75, 3.05) is 5.32 Å². The van der Waals surface area contributed by atoms with Gasteiger partial charge in [-0.1, -0.05) is 12.1 Å². The molecule has 1 amide bonds. The number of aliphatic hydroxyl groups excluding tert-OH is 1. The van der Waals surface area contributed by atoms with Gasteiger partial charge in [0.1, 0.15) is 5.69 Å². The highest BCUT2D eigenvalue weighted by Crippen LogP contribution is 2.17. The summed E-state index contributed by atoms with van der Waals surface area (Å²) in [6.45, 7) is -0.126. The highest BCUT2D eigenvalue weighted by Gasteiger charge is 2.17. The van der Waals surface area contributed by atoms with Crippen LogP contribution in [0.2, 0.25) is 0 Å². The van der Waals surface area contributed by atoms with Crippen LogP contribution in [0.1, 0.15) is 16.1 Å². The molecule has 1 heterocycles. The number of aryl methyl sites for hydroxylation is 1. The van der Waals surface area contributed by atoms with Crippen molar-refractivity contribution in [1.29, 1.82) is 0 Å². The fourth-order valence-corrected chi connectivity index (χ4v) is 1.82. The summed E-state index contributed by atoms with van der Waals surface area (Å²) in [5.74, 6) is -0.448. The monoisotopic (exact) mass is 275 g/mol. The predicted molar refractivity (Wildman–Crippen MR) is 72.4 cm³/mol. The molecule has 1 aromatic carbocycles. The third-order valence-corrected chi connectivity index (χ3v) is 2.80. The number of aliphatic hydroxyl groups is 1. The number of carbonyl (C=O) groups is 1. The summed E-state index contributed by atoms with van der Waals surface area (Å²) >= 11 is 0. The van der Waals surface area contributed by atoms with Crippen LogP contribution in [0.15, 0.2) is 36.5 Å². The standard InChI is InChI=1S/C13H13N3O4/c1-15-7-11(16(19)20)6-12(15)13(18)14-10-4-2-3-9(5-10)8-17/h2-7,17H,8H2,1H3,(H,14,18). The van der Waals surface area contributed by atoms with Crippen molar-refractivity contribution >= 4 is 17.3 Å². The van der Waals surface area contributed by atoms with E-state index in [9.17, 15) is 14.9 Å². The minimum Gasteiger partial charge on any atom is -0.392 e. The first-order valence-electron chi connectivity index (χ1n) is 5.83. The van der Waals surface area contributed by atoms with Crippen LogP contribution in [-0.2, 0) is 13.7 Å². The quantitative estimate of drug-likeness (QED) is 0.655. The molecule has 1 aromatic heterocycles. The van der Waals surface area contributed by atoms with E-state index in [1.54, 1.807) is 31.3 Å². The lowest BCUT2D eigenvalue weighted by Crippen LogP contribution is -2.15. The van der Waals surface area contributed by atoms with Gasteiger partial charge in [-0.25, -0.2) is 0 Å². The third kappa shape index (κ3) is 2.83. The van der Waals surface area contributed by atoms with Gasteiger partial charge in [-0.15, -0.1) is 0 Å². The Bertz CT molecular complexity index is 663. The van der Waals surface area contributed by atoms with E-state index in [4.69, 9.17) is 5.11 Å². The molecule has 0 aliphatic carbocycles. The van der Waals surface area contributed by atoms with Gasteiger partial charge in [-0.2, -0.15) is 0 Å². The van der Waals surface area contributed by atoms with Crippen LogP contribution >= 0.6 is 0 Å². The third-order valence-electron chi connectivity index (χ3n) is 2.80. The molecule has 20 heavy (non-hydrogen) atoms. The van der Waals surface area contributed by atoms with E-state index in [2.05, 4.69) is 5.32 Å². The second-order valence-corrected chi connectivity index (χ2v) is 4.26. The number of rotatable bonds is 4. The number of aromatic nitrogens is 1. The number of amides is 1. The Kier molecular flexibility index (Phi) is 3.81. The van der Waals surface area contributed by atoms with Crippen LogP contribution in [0.4, 0.5) is 11.4 Å². The zero-order valence-electron chi connectivity index (χ0n) is 10.7. The molecule has 0 bridgehead atoms. The van der Waals surface area contributed by atoms with Gasteiger partial charge in [0.05, 0.1) is 17.7 Å². The maximum absolute atomic E-state index is 12.1. The molecule has 0 spiro atoms. The Morgan fingerprint density at radius 3 is 2.80 bits per heavy atom. The van der Waals surface area contributed by atoms with Gasteiger partial charge >= 0.3 is 0 Å². The summed E-state index contributed by atoms with van der Waals surface area (Å²) in [6.07, 6.45) is 1.28. The molecule has 0 aliphatic heterocycles. The van der Waals surface area contributed by atoms with Gasteiger partial charge in [0.15, 0.2) is 0 Å². The lowest BCUT2D eigenvalue weighted by molar-refractivity contribution is -0.384. The second-order valence-electron chi connectivity index (χ2n) is 4.26. The molecule has 7 heteroatoms. The van der Waals surface area contributed by atoms with E-state index in [1.165, 1.54) is 16.8 Å². The summed E-state index contributed by atoms with van der Waals surface area (Å²) in [4.78, 5) is 22.2. The van der Waals surface area contributed by atoms with Crippen LogP contribution in [0.5, 0.6) is 0 Å². The van der Waals surface area contributed by atoms with Crippen LogP contribution < -0.4 is 5.32 Å². The first-order valence-corrected chi connectivity index (χ1v) is 5.83. The maximum Gasteiger partial charge on any atom is 0.287 e. The number of benzene rings is 1. The molecule has 7 nitrogen and oxygen atoms in total. The number of carbonyl (C=O) groups excluding carboxylic acids is 1. The van der Waals surface area contributed by atoms with Gasteiger partial charge in [0.25, 0.3) is 11.6 Å². The summed E-state index contributed by atoms with van der Waals surface area (Å²) in [5.41, 5.74) is 1.24. The molecule has 0 atom stereocenters. The summed E-state index contributed by atoms with van der Waals surface area (Å²) in [6, 6.07) is 7.95. The van der Waals surface area contributed by atoms with Gasteiger partial charge in [-0.3, -0.25) is 14.9 Å². The number of nitro groups is 1. The summed E-state index contributed by atoms with van der Waals surface area (Å²) in [5, 5.41) is 22.3. The van der Waals surface area contributed by atoms with Crippen molar-refractivity contribution in [2.24, 2.45) is 7.05 Å². The van der Waals surface area contributed by atoms with Crippen molar-refractivity contribution in [3.05, 3.63) is 57.9 Å². The number of nitrogens with one attached hydrogen (secondary N) is 1. The molecule has 0 aliphatic rings. The van der Waals surface area contributed by atoms with E-state index in [1.807, 2.05) is 0 Å². The normalized spacial score (nSPS) is 10.3. The minimum atomic E-state index is -0.552. The topological polar surface area (TPSA) is 97.4 Å². The molecule has 2 aromatic rings. The molecule has 104 valence electrons. The number of nitrogens with zero attached hydrogens (tertiary/aromatic N) is 2. The maximum atomic E-state index is 12.1. The van der Waals surface area contributed by atoms with E-state index in [0.29, 0.717) is 11.3 Å². The average Bonchev–Trinajstić information content (AvgIpc) is 2.81. The lowest BCUT2D eigenvalue weighted by atomic mass is 10.2. The van der Waals surface area contributed by atoms with Crippen molar-refractivity contribution in [3.63, 3.8) is 0 Å². The molecule has 0 saturated heterocycles. The lowest BCUT2D eigenvalue weighted by Gasteiger charge is -2.06. The SMILES string of the molecule is Cn1cc([N+](=O)[O-])cc1C(=O)Nc1cccc(CO)c1. The first-order chi connectivity index (χ1) is 9.51. The molecular formula is C13H13N3O4. The van der Waals surface area contributed by atoms with Gasteiger partial charge < -0.3 is 15.0 Å². The van der Waals surface area contributed by atoms with Crippen molar-refractivity contribution in [2.45, 2.75) is 6.61 Å². The van der Waals surface area contributed by atoms with Crippen LogP contribution in [0.3, 0.4) is 0 Å². The Hall–Kier alpha value is -2.67. The zero-order chi connectivity index (χ0) is 14.7. The van der Waals surface area contributed by atoms with Crippen LogP contribution in [0, 0.1) is 10.1 Å². The summed E-state index contributed by atoms with van der Waals surface area (Å²) < 4.78 is 1.39. The Labute approximate surface area is 114 Å². The number of hydrogen-bond donors (Lipinski definition) is 2. The molecule has 0 radical (unpaired) electrons. The van der Waals surface area contributed by atoms with Gasteiger partial charge in [0, 0.05) is 18.8 Å². The van der Waals surface area contributed by atoms with E-state index < -0.39 is 10.8 Å². The smallest absolute Gasteiger partial charge is 0.287 e. The summed E-state index contributed by atoms with van der Waals surface area (Å²) in [7, 11) is 1.56. The molecule has 0 saturated carbocycles. The van der Waals surface area contributed by atoms with Crippen molar-refractivity contribution < 1.29 is 14.8 Å². The van der Waals surface area contributed by atoms with Crippen LogP contribution in [-0.4, -0.2) is 20.5 Å². The molecular weight excluding hydrogens is 262 g/mol. The number of hydrogen-bond acceptors (Lipinski definition) is 4. The Balaban J connectivity index is 2.21. The van der Waals surface area contributed by atoms with Crippen LogP contribution in [0.25, 0.3) is 0 Å². The minimum absolute atomic E-state index is 0.126. The highest BCUT2D eigenvalue weighted by molar-refractivity contribution is 6.03. The Morgan fingerprint density at radius 1 is 1.45 bits per heavy atom. The zero-order valence-corrected chi connectivity index (χ0v) is 10.7. The molecule has 0 fully saturated rings. The molecule has 0 unspecified atom stereocenters. The van der Waals surface area contributed by atoms with Gasteiger partial charge in [0.2, 0.25) is 0 Å².